The first kappa shape index (κ1) is 21.8. The fourth-order valence-corrected chi connectivity index (χ4v) is 5.43. The largest absolute Gasteiger partial charge is 0.349 e. The van der Waals surface area contributed by atoms with Crippen molar-refractivity contribution >= 4 is 27.5 Å². The van der Waals surface area contributed by atoms with Crippen molar-refractivity contribution in [2.24, 2.45) is 5.92 Å². The summed E-state index contributed by atoms with van der Waals surface area (Å²) in [6, 6.07) is 12.3. The number of benzene rings is 2. The zero-order chi connectivity index (χ0) is 21.2. The number of carbonyl (C=O) groups is 1. The van der Waals surface area contributed by atoms with Crippen molar-refractivity contribution in [3.63, 3.8) is 0 Å². The topological polar surface area (TPSA) is 66.5 Å². The molecular weight excluding hydrogens is 408 g/mol. The molecule has 1 fully saturated rings. The number of hydrogen-bond donors (Lipinski definition) is 1. The summed E-state index contributed by atoms with van der Waals surface area (Å²) in [7, 11) is -3.56. The van der Waals surface area contributed by atoms with Gasteiger partial charge in [0.1, 0.15) is 0 Å². The predicted octanol–water partition coefficient (Wildman–Crippen LogP) is 4.23. The SMILES string of the molecule is Cc1ccc(C(C)NC(=O)C2CCN(S(=O)(=O)c3ccc(Cl)cc3)CC2)c(C)c1. The van der Waals surface area contributed by atoms with Gasteiger partial charge in [-0.1, -0.05) is 35.4 Å². The van der Waals surface area contributed by atoms with Crippen molar-refractivity contribution in [2.75, 3.05) is 13.1 Å². The van der Waals surface area contributed by atoms with Crippen LogP contribution in [0.2, 0.25) is 5.02 Å². The van der Waals surface area contributed by atoms with Crippen LogP contribution in [0.25, 0.3) is 0 Å². The van der Waals surface area contributed by atoms with Crippen LogP contribution in [0.3, 0.4) is 0 Å². The lowest BCUT2D eigenvalue weighted by Crippen LogP contribution is -2.43. The molecule has 1 aliphatic rings. The Morgan fingerprint density at radius 3 is 2.31 bits per heavy atom. The van der Waals surface area contributed by atoms with Crippen LogP contribution in [-0.2, 0) is 14.8 Å². The Bertz CT molecular complexity index is 982. The van der Waals surface area contributed by atoms with Gasteiger partial charge in [0.25, 0.3) is 0 Å². The Morgan fingerprint density at radius 2 is 1.72 bits per heavy atom. The number of rotatable bonds is 5. The number of nitrogens with zero attached hydrogens (tertiary/aromatic N) is 1. The van der Waals surface area contributed by atoms with Crippen LogP contribution in [0.5, 0.6) is 0 Å². The first-order valence-corrected chi connectivity index (χ1v) is 11.6. The quantitative estimate of drug-likeness (QED) is 0.765. The van der Waals surface area contributed by atoms with E-state index in [9.17, 15) is 13.2 Å². The number of carbonyl (C=O) groups excluding carboxylic acids is 1. The molecule has 1 atom stereocenters. The van der Waals surface area contributed by atoms with Crippen LogP contribution in [0.1, 0.15) is 42.5 Å². The number of sulfonamides is 1. The number of amides is 1. The molecule has 1 aliphatic heterocycles. The molecule has 1 unspecified atom stereocenters. The van der Waals surface area contributed by atoms with E-state index in [0.29, 0.717) is 31.0 Å². The van der Waals surface area contributed by atoms with Gasteiger partial charge in [-0.25, -0.2) is 8.42 Å². The van der Waals surface area contributed by atoms with E-state index in [2.05, 4.69) is 17.4 Å². The molecule has 7 heteroatoms. The molecular formula is C22H27ClN2O3S. The van der Waals surface area contributed by atoms with E-state index in [1.54, 1.807) is 12.1 Å². The second-order valence-corrected chi connectivity index (χ2v) is 10.1. The molecule has 0 bridgehead atoms. The van der Waals surface area contributed by atoms with Crippen molar-refractivity contribution in [1.82, 2.24) is 9.62 Å². The fraction of sp³-hybridized carbons (Fsp3) is 0.409. The van der Waals surface area contributed by atoms with Gasteiger partial charge in [0.05, 0.1) is 10.9 Å². The lowest BCUT2D eigenvalue weighted by atomic mass is 9.95. The van der Waals surface area contributed by atoms with Gasteiger partial charge in [-0.2, -0.15) is 4.31 Å². The molecule has 0 radical (unpaired) electrons. The van der Waals surface area contributed by atoms with Gasteiger partial charge in [0.15, 0.2) is 0 Å². The third-order valence-corrected chi connectivity index (χ3v) is 7.69. The number of piperidine rings is 1. The maximum Gasteiger partial charge on any atom is 0.243 e. The predicted molar refractivity (Wildman–Crippen MR) is 115 cm³/mol. The van der Waals surface area contributed by atoms with Crippen molar-refractivity contribution in [3.8, 4) is 0 Å². The van der Waals surface area contributed by atoms with Gasteiger partial charge in [-0.15, -0.1) is 0 Å². The summed E-state index contributed by atoms with van der Waals surface area (Å²) in [5, 5.41) is 3.59. The highest BCUT2D eigenvalue weighted by Gasteiger charge is 2.32. The summed E-state index contributed by atoms with van der Waals surface area (Å²) in [6.45, 7) is 6.74. The van der Waals surface area contributed by atoms with Gasteiger partial charge < -0.3 is 5.32 Å². The van der Waals surface area contributed by atoms with Gasteiger partial charge in [0, 0.05) is 24.0 Å². The third-order valence-electron chi connectivity index (χ3n) is 5.53. The molecule has 0 aromatic heterocycles. The van der Waals surface area contributed by atoms with E-state index in [0.717, 1.165) is 11.1 Å². The fourth-order valence-electron chi connectivity index (χ4n) is 3.83. The molecule has 1 N–H and O–H groups in total. The average Bonchev–Trinajstić information content (AvgIpc) is 2.68. The van der Waals surface area contributed by atoms with Crippen molar-refractivity contribution in [3.05, 3.63) is 64.2 Å². The molecule has 3 rings (SSSR count). The Labute approximate surface area is 178 Å². The lowest BCUT2D eigenvalue weighted by Gasteiger charge is -2.31. The van der Waals surface area contributed by atoms with E-state index >= 15 is 0 Å². The van der Waals surface area contributed by atoms with Gasteiger partial charge in [-0.3, -0.25) is 4.79 Å². The maximum atomic E-state index is 12.8. The summed E-state index contributed by atoms with van der Waals surface area (Å²) in [6.07, 6.45) is 1.02. The van der Waals surface area contributed by atoms with Crippen molar-refractivity contribution in [2.45, 2.75) is 44.6 Å². The first-order chi connectivity index (χ1) is 13.7. The molecule has 1 amide bonds. The standard InChI is InChI=1S/C22H27ClN2O3S/c1-15-4-9-21(16(2)14-15)17(3)24-22(26)18-10-12-25(13-11-18)29(27,28)20-7-5-19(23)6-8-20/h4-9,14,17-18H,10-13H2,1-3H3,(H,24,26). The lowest BCUT2D eigenvalue weighted by molar-refractivity contribution is -0.126. The summed E-state index contributed by atoms with van der Waals surface area (Å²) >= 11 is 5.85. The van der Waals surface area contributed by atoms with Crippen LogP contribution in [-0.4, -0.2) is 31.7 Å². The summed E-state index contributed by atoms with van der Waals surface area (Å²) in [4.78, 5) is 13.0. The molecule has 1 saturated heterocycles. The Hall–Kier alpha value is -1.89. The molecule has 5 nitrogen and oxygen atoms in total. The Morgan fingerprint density at radius 1 is 1.10 bits per heavy atom. The average molecular weight is 435 g/mol. The highest BCUT2D eigenvalue weighted by Crippen LogP contribution is 2.26. The molecule has 29 heavy (non-hydrogen) atoms. The van der Waals surface area contributed by atoms with Crippen LogP contribution in [0, 0.1) is 19.8 Å². The maximum absolute atomic E-state index is 12.8. The first-order valence-electron chi connectivity index (χ1n) is 9.81. The summed E-state index contributed by atoms with van der Waals surface area (Å²) in [5.41, 5.74) is 3.45. The zero-order valence-electron chi connectivity index (χ0n) is 17.0. The monoisotopic (exact) mass is 434 g/mol. The van der Waals surface area contributed by atoms with Gasteiger partial charge in [0.2, 0.25) is 15.9 Å². The van der Waals surface area contributed by atoms with E-state index in [-0.39, 0.29) is 22.8 Å². The molecule has 1 heterocycles. The van der Waals surface area contributed by atoms with E-state index in [1.807, 2.05) is 26.8 Å². The molecule has 2 aromatic rings. The van der Waals surface area contributed by atoms with E-state index < -0.39 is 10.0 Å². The summed E-state index contributed by atoms with van der Waals surface area (Å²) < 4.78 is 27.0. The van der Waals surface area contributed by atoms with Crippen molar-refractivity contribution in [1.29, 1.82) is 0 Å². The zero-order valence-corrected chi connectivity index (χ0v) is 18.6. The molecule has 2 aromatic carbocycles. The smallest absolute Gasteiger partial charge is 0.243 e. The Balaban J connectivity index is 1.60. The van der Waals surface area contributed by atoms with Crippen LogP contribution in [0.15, 0.2) is 47.4 Å². The second-order valence-electron chi connectivity index (χ2n) is 7.72. The normalized spacial score (nSPS) is 17.1. The van der Waals surface area contributed by atoms with Gasteiger partial charge in [-0.05, 0) is 69.0 Å². The number of halogens is 1. The van der Waals surface area contributed by atoms with E-state index in [1.165, 1.54) is 22.0 Å². The molecule has 156 valence electrons. The highest BCUT2D eigenvalue weighted by atomic mass is 35.5. The third kappa shape index (κ3) is 5.00. The molecule has 0 saturated carbocycles. The van der Waals surface area contributed by atoms with Crippen LogP contribution in [0.4, 0.5) is 0 Å². The number of nitrogens with one attached hydrogen (secondary N) is 1. The van der Waals surface area contributed by atoms with Crippen molar-refractivity contribution < 1.29 is 13.2 Å². The number of aryl methyl sites for hydroxylation is 2. The summed E-state index contributed by atoms with van der Waals surface area (Å²) in [5.74, 6) is -0.194. The van der Waals surface area contributed by atoms with Crippen LogP contribution >= 0.6 is 11.6 Å². The Kier molecular flexibility index (Phi) is 6.66. The van der Waals surface area contributed by atoms with Crippen LogP contribution < -0.4 is 5.32 Å². The molecule has 0 aliphatic carbocycles. The molecule has 0 spiro atoms. The minimum absolute atomic E-state index is 0.0129. The van der Waals surface area contributed by atoms with E-state index in [4.69, 9.17) is 11.6 Å². The minimum Gasteiger partial charge on any atom is -0.349 e. The van der Waals surface area contributed by atoms with Gasteiger partial charge >= 0.3 is 0 Å². The highest BCUT2D eigenvalue weighted by molar-refractivity contribution is 7.89. The second kappa shape index (κ2) is 8.86. The number of hydrogen-bond acceptors (Lipinski definition) is 3. The minimum atomic E-state index is -3.56.